The van der Waals surface area contributed by atoms with Gasteiger partial charge in [-0.3, -0.25) is 14.4 Å². The van der Waals surface area contributed by atoms with Gasteiger partial charge in [0, 0.05) is 12.0 Å². The molecule has 0 spiro atoms. The molecule has 3 aliphatic rings. The topological polar surface area (TPSA) is 126 Å². The molecule has 54 heavy (non-hydrogen) atoms. The molecule has 280 valence electrons. The summed E-state index contributed by atoms with van der Waals surface area (Å²) in [5.41, 5.74) is 10.7. The normalized spacial score (nSPS) is 21.0. The molecule has 0 amide bonds. The second kappa shape index (κ2) is 17.0. The summed E-state index contributed by atoms with van der Waals surface area (Å²) in [4.78, 5) is 55.7. The van der Waals surface area contributed by atoms with Gasteiger partial charge in [0.1, 0.15) is 12.5 Å². The Bertz CT molecular complexity index is 2200. The summed E-state index contributed by atoms with van der Waals surface area (Å²) in [5.74, 6) is -2.15. The molecular formula is C44H50MgN4O5-2. The molecule has 3 aromatic rings. The number of carbonyl (C=O) groups excluding carboxylic acids is 3. The third-order valence-corrected chi connectivity index (χ3v) is 10.9. The van der Waals surface area contributed by atoms with Gasteiger partial charge in [-0.1, -0.05) is 91.5 Å². The Morgan fingerprint density at radius 1 is 0.981 bits per heavy atom. The average molecular weight is 739 g/mol. The van der Waals surface area contributed by atoms with Crippen LogP contribution in [0.5, 0.6) is 0 Å². The van der Waals surface area contributed by atoms with Gasteiger partial charge in [-0.15, -0.1) is 33.5 Å². The number of nitrogens with zero attached hydrogens (tertiary/aromatic N) is 4. The molecule has 0 aromatic carbocycles. The van der Waals surface area contributed by atoms with Crippen LogP contribution in [-0.4, -0.2) is 54.5 Å². The Morgan fingerprint density at radius 3 is 2.39 bits per heavy atom. The van der Waals surface area contributed by atoms with Gasteiger partial charge in [-0.25, -0.2) is 0 Å². The number of carbonyl (C=O) groups is 3. The Labute approximate surface area is 334 Å². The first-order valence-electron chi connectivity index (χ1n) is 18.8. The first kappa shape index (κ1) is 40.9. The zero-order valence-electron chi connectivity index (χ0n) is 33.0. The van der Waals surface area contributed by atoms with Gasteiger partial charge in [0.15, 0.2) is 5.78 Å². The van der Waals surface area contributed by atoms with E-state index in [-0.39, 0.29) is 53.8 Å². The van der Waals surface area contributed by atoms with Gasteiger partial charge in [-0.05, 0) is 83.3 Å². The molecule has 1 saturated heterocycles. The fourth-order valence-electron chi connectivity index (χ4n) is 7.87. The smallest absolute Gasteiger partial charge is 0.664 e. The van der Waals surface area contributed by atoms with Crippen molar-refractivity contribution in [2.45, 2.75) is 93.4 Å². The number of rotatable bonds is 12. The minimum absolute atomic E-state index is 0. The fourth-order valence-corrected chi connectivity index (χ4v) is 7.87. The maximum absolute atomic E-state index is 14.2. The van der Waals surface area contributed by atoms with E-state index < -0.39 is 11.9 Å². The molecule has 9 nitrogen and oxygen atoms in total. The van der Waals surface area contributed by atoms with Crippen LogP contribution in [-0.2, 0) is 25.5 Å². The molecule has 1 aliphatic carbocycles. The first-order chi connectivity index (χ1) is 25.4. The molecule has 8 bridgehead atoms. The molecular weight excluding hydrogens is 689 g/mol. The summed E-state index contributed by atoms with van der Waals surface area (Å²) in [6, 6.07) is 0. The molecule has 0 radical (unpaired) electrons. The molecule has 10 heteroatoms. The minimum Gasteiger partial charge on any atom is -0.664 e. The van der Waals surface area contributed by atoms with Crippen molar-refractivity contribution in [2.75, 3.05) is 13.7 Å². The molecule has 2 aliphatic heterocycles. The number of Topliss-reactive ketones (excluding diaryl/α,β-unsaturated/α-hetero) is 1. The summed E-state index contributed by atoms with van der Waals surface area (Å²) in [7, 11) is 1.28. The second-order valence-corrected chi connectivity index (χ2v) is 14.9. The number of aromatic nitrogens is 3. The number of ketones is 1. The Morgan fingerprint density at radius 2 is 1.70 bits per heavy atom. The third kappa shape index (κ3) is 7.91. The van der Waals surface area contributed by atoms with Gasteiger partial charge >= 0.3 is 35.0 Å². The first-order valence-corrected chi connectivity index (χ1v) is 18.8. The molecule has 0 N–H and O–H groups in total. The number of hydrogen-bond donors (Lipinski definition) is 0. The average Bonchev–Trinajstić information content (AvgIpc) is 3.88. The van der Waals surface area contributed by atoms with E-state index in [0.29, 0.717) is 52.5 Å². The van der Waals surface area contributed by atoms with Crippen LogP contribution in [0.25, 0.3) is 35.2 Å². The number of esters is 2. The Balaban J connectivity index is 0.00000561. The van der Waals surface area contributed by atoms with Gasteiger partial charge < -0.3 is 29.7 Å². The van der Waals surface area contributed by atoms with Gasteiger partial charge in [0.2, 0.25) is 0 Å². The molecule has 2 atom stereocenters. The molecule has 1 fully saturated rings. The van der Waals surface area contributed by atoms with Crippen LogP contribution in [0.1, 0.15) is 127 Å². The van der Waals surface area contributed by atoms with E-state index in [9.17, 15) is 14.4 Å². The van der Waals surface area contributed by atoms with Crippen molar-refractivity contribution in [3.05, 3.63) is 102 Å². The van der Waals surface area contributed by atoms with Crippen molar-refractivity contribution in [3.8, 4) is 0 Å². The number of methoxy groups -OCH3 is 1. The zero-order valence-corrected chi connectivity index (χ0v) is 34.4. The van der Waals surface area contributed by atoms with Crippen molar-refractivity contribution >= 4 is 70.7 Å². The molecule has 0 saturated carbocycles. The van der Waals surface area contributed by atoms with Gasteiger partial charge in [0.05, 0.1) is 7.11 Å². The van der Waals surface area contributed by atoms with E-state index in [1.54, 1.807) is 0 Å². The Kier molecular flexibility index (Phi) is 12.9. The van der Waals surface area contributed by atoms with Crippen LogP contribution >= 0.6 is 0 Å². The SMILES string of the molecule is C=Cc1c2[n-]c(c1C)/C=C1/C[C@H](CCC(=O)OC/C=C(/C)CCCC(C)C)/C(=C3/c4[n-]c(c(C)c4C(=O)[C@@H]3C(=O)OC)/C=c3\[n-]/c(c(C)c3CC)=C\2)[N-]1.[Mg+2]. The summed E-state index contributed by atoms with van der Waals surface area (Å²) in [6.07, 6.45) is 14.8. The molecule has 0 unspecified atom stereocenters. The van der Waals surface area contributed by atoms with Crippen molar-refractivity contribution in [1.82, 2.24) is 15.0 Å². The van der Waals surface area contributed by atoms with E-state index >= 15 is 0 Å². The minimum atomic E-state index is -1.20. The number of hydrogen-bond acceptors (Lipinski definition) is 5. The molecule has 3 aromatic heterocycles. The zero-order chi connectivity index (χ0) is 38.1. The van der Waals surface area contributed by atoms with Gasteiger partial charge in [-0.2, -0.15) is 11.4 Å². The summed E-state index contributed by atoms with van der Waals surface area (Å²) in [5, 5.41) is 6.71. The van der Waals surface area contributed by atoms with Crippen molar-refractivity contribution in [1.29, 1.82) is 0 Å². The maximum atomic E-state index is 14.2. The quantitative estimate of drug-likeness (QED) is 0.0892. The standard InChI is InChI=1S/C44H51N4O5.Mg/c1-10-30-25(6)32-20-29-19-28(15-16-37(49)53-18-17-24(5)14-12-13-23(3)4)41(45-29)39-40(44(51)52-9)43(50)38-27(8)34(48-42(38)39)22-36-31(11-2)26(7)33(47-36)21-35(30)46-32;/h10,17,20-23,28,40H,1,11-16,18-19H2,2-9H3,(H-,45,48,50);/q-3;+2/p-1/b24-17-,29-20-,33-21-,36-22-;/t28-,40+;/m0./s1. The number of fused-ring (bicyclic) bond motifs is 7. The largest absolute Gasteiger partial charge is 2.00 e. The number of ether oxygens (including phenoxy) is 2. The van der Waals surface area contributed by atoms with E-state index in [0.717, 1.165) is 75.7 Å². The summed E-state index contributed by atoms with van der Waals surface area (Å²) in [6.45, 7) is 18.9. The monoisotopic (exact) mass is 738 g/mol. The van der Waals surface area contributed by atoms with Crippen LogP contribution < -0.4 is 25.7 Å². The van der Waals surface area contributed by atoms with E-state index in [1.165, 1.54) is 12.7 Å². The number of allylic oxidation sites excluding steroid dienone is 3. The van der Waals surface area contributed by atoms with Crippen molar-refractivity contribution < 1.29 is 23.9 Å². The fraction of sp³-hybridized carbons (Fsp3) is 0.432. The van der Waals surface area contributed by atoms with E-state index in [2.05, 4.69) is 41.2 Å². The molecule has 5 heterocycles. The Hall–Kier alpha value is -4.28. The van der Waals surface area contributed by atoms with Crippen LogP contribution in [0.15, 0.2) is 29.6 Å². The van der Waals surface area contributed by atoms with Crippen LogP contribution in [0.2, 0.25) is 0 Å². The predicted octanol–water partition coefficient (Wildman–Crippen LogP) is 6.51. The predicted molar refractivity (Wildman–Crippen MR) is 214 cm³/mol. The third-order valence-electron chi connectivity index (χ3n) is 10.9. The van der Waals surface area contributed by atoms with Crippen LogP contribution in [0.4, 0.5) is 0 Å². The van der Waals surface area contributed by atoms with Crippen LogP contribution in [0, 0.1) is 38.5 Å². The summed E-state index contributed by atoms with van der Waals surface area (Å²) < 4.78 is 10.8. The molecule has 6 rings (SSSR count). The van der Waals surface area contributed by atoms with E-state index in [1.807, 2.05) is 44.2 Å². The second-order valence-electron chi connectivity index (χ2n) is 14.9. The van der Waals surface area contributed by atoms with Gasteiger partial charge in [0.25, 0.3) is 0 Å². The van der Waals surface area contributed by atoms with Crippen LogP contribution in [0.3, 0.4) is 0 Å². The van der Waals surface area contributed by atoms with E-state index in [4.69, 9.17) is 29.7 Å². The van der Waals surface area contributed by atoms with Crippen molar-refractivity contribution in [2.24, 2.45) is 17.8 Å². The summed E-state index contributed by atoms with van der Waals surface area (Å²) >= 11 is 0. The maximum Gasteiger partial charge on any atom is 2.00 e. The van der Waals surface area contributed by atoms with Crippen molar-refractivity contribution in [3.63, 3.8) is 0 Å².